The summed E-state index contributed by atoms with van der Waals surface area (Å²) in [5.41, 5.74) is 7.39. The van der Waals surface area contributed by atoms with Gasteiger partial charge >= 0.3 is 0 Å². The summed E-state index contributed by atoms with van der Waals surface area (Å²) in [5, 5.41) is 0. The predicted molar refractivity (Wildman–Crippen MR) is 90.2 cm³/mol. The van der Waals surface area contributed by atoms with Gasteiger partial charge in [-0.2, -0.15) is 0 Å². The molecule has 5 heteroatoms. The summed E-state index contributed by atoms with van der Waals surface area (Å²) in [6.45, 7) is 1.06. The molecule has 2 aromatic rings. The van der Waals surface area contributed by atoms with Gasteiger partial charge in [-0.3, -0.25) is 4.79 Å². The highest BCUT2D eigenvalue weighted by Crippen LogP contribution is 2.11. The summed E-state index contributed by atoms with van der Waals surface area (Å²) in [7, 11) is 1.82. The smallest absolute Gasteiger partial charge is 0.256 e. The molecule has 0 spiro atoms. The lowest BCUT2D eigenvalue weighted by molar-refractivity contribution is 0.0792. The van der Waals surface area contributed by atoms with E-state index in [0.29, 0.717) is 17.9 Å². The van der Waals surface area contributed by atoms with E-state index in [1.54, 1.807) is 11.0 Å². The van der Waals surface area contributed by atoms with Crippen LogP contribution in [-0.4, -0.2) is 24.4 Å². The summed E-state index contributed by atoms with van der Waals surface area (Å²) in [4.78, 5) is 13.9. The van der Waals surface area contributed by atoms with Crippen LogP contribution in [0.5, 0.6) is 0 Å². The largest absolute Gasteiger partial charge is 0.467 e. The van der Waals surface area contributed by atoms with Crippen LogP contribution >= 0.6 is 12.4 Å². The van der Waals surface area contributed by atoms with E-state index in [2.05, 4.69) is 24.3 Å². The number of carbonyl (C=O) groups is 1. The van der Waals surface area contributed by atoms with Gasteiger partial charge in [0.25, 0.3) is 5.91 Å². The van der Waals surface area contributed by atoms with E-state index in [9.17, 15) is 4.79 Å². The van der Waals surface area contributed by atoms with Crippen molar-refractivity contribution < 1.29 is 9.21 Å². The zero-order valence-corrected chi connectivity index (χ0v) is 13.6. The van der Waals surface area contributed by atoms with Gasteiger partial charge in [-0.05, 0) is 30.9 Å². The summed E-state index contributed by atoms with van der Waals surface area (Å²) < 4.78 is 5.20. The highest BCUT2D eigenvalue weighted by Gasteiger charge is 2.14. The number of amides is 1. The molecule has 0 bridgehead atoms. The van der Waals surface area contributed by atoms with Gasteiger partial charge in [0, 0.05) is 13.6 Å². The second kappa shape index (κ2) is 9.28. The molecule has 1 amide bonds. The van der Waals surface area contributed by atoms with Gasteiger partial charge in [0.05, 0.1) is 12.1 Å². The van der Waals surface area contributed by atoms with Crippen molar-refractivity contribution in [1.82, 2.24) is 4.90 Å². The van der Waals surface area contributed by atoms with E-state index in [0.717, 1.165) is 25.8 Å². The van der Waals surface area contributed by atoms with Crippen molar-refractivity contribution in [1.29, 1.82) is 0 Å². The average molecular weight is 323 g/mol. The van der Waals surface area contributed by atoms with Crippen LogP contribution in [0.3, 0.4) is 0 Å². The van der Waals surface area contributed by atoms with Crippen LogP contribution in [0.25, 0.3) is 0 Å². The summed E-state index contributed by atoms with van der Waals surface area (Å²) in [5.74, 6) is 0.619. The first-order valence-corrected chi connectivity index (χ1v) is 7.27. The zero-order valence-electron chi connectivity index (χ0n) is 12.8. The minimum absolute atomic E-state index is 0. The molecule has 0 radical (unpaired) electrons. The number of halogens is 1. The first kappa shape index (κ1) is 18.3. The molecule has 0 atom stereocenters. The lowest BCUT2D eigenvalue weighted by atomic mass is 10.1. The Labute approximate surface area is 137 Å². The standard InChI is InChI=1S/C17H22N2O2.ClH/c1-19(17(20)15-11-16(12-18)21-13-15)10-6-5-9-14-7-3-2-4-8-14;/h2-4,7-8,11,13H,5-6,9-10,12,18H2,1H3;1H. The second-order valence-corrected chi connectivity index (χ2v) is 5.18. The minimum Gasteiger partial charge on any atom is -0.467 e. The number of hydrogen-bond donors (Lipinski definition) is 1. The molecule has 22 heavy (non-hydrogen) atoms. The fourth-order valence-electron chi connectivity index (χ4n) is 2.24. The fourth-order valence-corrected chi connectivity index (χ4v) is 2.24. The molecule has 0 unspecified atom stereocenters. The number of hydrogen-bond acceptors (Lipinski definition) is 3. The quantitative estimate of drug-likeness (QED) is 0.796. The second-order valence-electron chi connectivity index (χ2n) is 5.18. The number of unbranched alkanes of at least 4 members (excludes halogenated alkanes) is 1. The normalized spacial score (nSPS) is 10.1. The number of nitrogens with two attached hydrogens (primary N) is 1. The molecule has 0 saturated heterocycles. The SMILES string of the molecule is CN(CCCCc1ccccc1)C(=O)c1coc(CN)c1.Cl. The molecular formula is C17H23ClN2O2. The van der Waals surface area contributed by atoms with Gasteiger partial charge in [0.1, 0.15) is 12.0 Å². The maximum absolute atomic E-state index is 12.2. The van der Waals surface area contributed by atoms with Gasteiger partial charge in [-0.15, -0.1) is 12.4 Å². The molecule has 0 aliphatic carbocycles. The van der Waals surface area contributed by atoms with E-state index in [1.807, 2.05) is 13.1 Å². The molecule has 0 fully saturated rings. The van der Waals surface area contributed by atoms with Crippen LogP contribution in [0.15, 0.2) is 47.1 Å². The summed E-state index contributed by atoms with van der Waals surface area (Å²) in [6.07, 6.45) is 4.58. The first-order chi connectivity index (χ1) is 10.2. The number of benzene rings is 1. The van der Waals surface area contributed by atoms with Crippen LogP contribution in [0.4, 0.5) is 0 Å². The van der Waals surface area contributed by atoms with Crippen molar-refractivity contribution in [2.75, 3.05) is 13.6 Å². The van der Waals surface area contributed by atoms with E-state index < -0.39 is 0 Å². The molecule has 0 aliphatic rings. The lowest BCUT2D eigenvalue weighted by Gasteiger charge is -2.15. The number of furan rings is 1. The molecule has 1 aromatic carbocycles. The molecule has 120 valence electrons. The highest BCUT2D eigenvalue weighted by molar-refractivity contribution is 5.93. The highest BCUT2D eigenvalue weighted by atomic mass is 35.5. The Hall–Kier alpha value is -1.78. The summed E-state index contributed by atoms with van der Waals surface area (Å²) in [6, 6.07) is 12.1. The van der Waals surface area contributed by atoms with Gasteiger partial charge in [-0.25, -0.2) is 0 Å². The Morgan fingerprint density at radius 1 is 1.23 bits per heavy atom. The van der Waals surface area contributed by atoms with E-state index in [4.69, 9.17) is 10.2 Å². The van der Waals surface area contributed by atoms with Crippen LogP contribution < -0.4 is 5.73 Å². The Kier molecular flexibility index (Phi) is 7.71. The van der Waals surface area contributed by atoms with Crippen molar-refractivity contribution in [3.63, 3.8) is 0 Å². The van der Waals surface area contributed by atoms with Crippen molar-refractivity contribution in [2.24, 2.45) is 5.73 Å². The lowest BCUT2D eigenvalue weighted by Crippen LogP contribution is -2.27. The molecule has 0 aliphatic heterocycles. The average Bonchev–Trinajstić information content (AvgIpc) is 3.00. The third-order valence-electron chi connectivity index (χ3n) is 3.50. The molecule has 1 heterocycles. The Morgan fingerprint density at radius 2 is 1.95 bits per heavy atom. The minimum atomic E-state index is -0.0156. The number of carbonyl (C=O) groups excluding carboxylic acids is 1. The van der Waals surface area contributed by atoms with E-state index >= 15 is 0 Å². The van der Waals surface area contributed by atoms with Gasteiger partial charge < -0.3 is 15.1 Å². The number of rotatable bonds is 7. The van der Waals surface area contributed by atoms with Crippen LogP contribution in [0.2, 0.25) is 0 Å². The van der Waals surface area contributed by atoms with E-state index in [-0.39, 0.29) is 18.3 Å². The van der Waals surface area contributed by atoms with Gasteiger partial charge in [-0.1, -0.05) is 30.3 Å². The van der Waals surface area contributed by atoms with Gasteiger partial charge in [0.15, 0.2) is 0 Å². The van der Waals surface area contributed by atoms with Crippen LogP contribution in [0.1, 0.15) is 34.5 Å². The van der Waals surface area contributed by atoms with Crippen molar-refractivity contribution >= 4 is 18.3 Å². The van der Waals surface area contributed by atoms with Gasteiger partial charge in [0.2, 0.25) is 0 Å². The third-order valence-corrected chi connectivity index (χ3v) is 3.50. The maximum atomic E-state index is 12.2. The fraction of sp³-hybridized carbons (Fsp3) is 0.353. The molecule has 2 N–H and O–H groups in total. The number of aryl methyl sites for hydroxylation is 1. The Balaban J connectivity index is 0.00000242. The topological polar surface area (TPSA) is 59.5 Å². The van der Waals surface area contributed by atoms with E-state index in [1.165, 1.54) is 11.8 Å². The van der Waals surface area contributed by atoms with Crippen molar-refractivity contribution in [3.05, 3.63) is 59.5 Å². The maximum Gasteiger partial charge on any atom is 0.256 e. The number of nitrogens with zero attached hydrogens (tertiary/aromatic N) is 1. The molecule has 0 saturated carbocycles. The Bertz CT molecular complexity index is 569. The van der Waals surface area contributed by atoms with Crippen LogP contribution in [-0.2, 0) is 13.0 Å². The molecule has 2 rings (SSSR count). The molecule has 4 nitrogen and oxygen atoms in total. The van der Waals surface area contributed by atoms with Crippen LogP contribution in [0, 0.1) is 0 Å². The molecule has 1 aromatic heterocycles. The molecular weight excluding hydrogens is 300 g/mol. The summed E-state index contributed by atoms with van der Waals surface area (Å²) >= 11 is 0. The first-order valence-electron chi connectivity index (χ1n) is 7.27. The van der Waals surface area contributed by atoms with Crippen molar-refractivity contribution in [3.8, 4) is 0 Å². The predicted octanol–water partition coefficient (Wildman–Crippen LogP) is 3.26. The monoisotopic (exact) mass is 322 g/mol. The Morgan fingerprint density at radius 3 is 2.59 bits per heavy atom. The zero-order chi connectivity index (χ0) is 15.1. The van der Waals surface area contributed by atoms with Crippen molar-refractivity contribution in [2.45, 2.75) is 25.8 Å². The third kappa shape index (κ3) is 5.20.